The molecule has 0 saturated heterocycles. The fourth-order valence-corrected chi connectivity index (χ4v) is 0.910. The predicted octanol–water partition coefficient (Wildman–Crippen LogP) is -0.450. The maximum Gasteiger partial charge on any atom is 0.313 e. The standard InChI is InChI=1S/C5H9NO3S/c1-6-4(7)2-10-3-5(8)9/h2-3H2,1H3,(H,6,7)(H,8,9). The first kappa shape index (κ1) is 9.29. The smallest absolute Gasteiger partial charge is 0.313 e. The molecule has 0 aliphatic rings. The van der Waals surface area contributed by atoms with E-state index in [1.54, 1.807) is 0 Å². The summed E-state index contributed by atoms with van der Waals surface area (Å²) in [7, 11) is 1.52. The molecule has 2 N–H and O–H groups in total. The summed E-state index contributed by atoms with van der Waals surface area (Å²) in [4.78, 5) is 20.4. The maximum atomic E-state index is 10.5. The SMILES string of the molecule is CNC(=O)CSCC(=O)O. The van der Waals surface area contributed by atoms with Crippen molar-refractivity contribution in [2.24, 2.45) is 0 Å². The lowest BCUT2D eigenvalue weighted by Crippen LogP contribution is -2.20. The van der Waals surface area contributed by atoms with Crippen LogP contribution in [0.15, 0.2) is 0 Å². The van der Waals surface area contributed by atoms with Crippen LogP contribution in [-0.2, 0) is 9.59 Å². The Morgan fingerprint density at radius 1 is 1.50 bits per heavy atom. The highest BCUT2D eigenvalue weighted by molar-refractivity contribution is 8.00. The molecular formula is C5H9NO3S. The minimum atomic E-state index is -0.895. The number of thioether (sulfide) groups is 1. The lowest BCUT2D eigenvalue weighted by atomic mass is 10.7. The highest BCUT2D eigenvalue weighted by atomic mass is 32.2. The van der Waals surface area contributed by atoms with Crippen molar-refractivity contribution in [1.29, 1.82) is 0 Å². The molecule has 0 saturated carbocycles. The van der Waals surface area contributed by atoms with Crippen molar-refractivity contribution in [1.82, 2.24) is 5.32 Å². The van der Waals surface area contributed by atoms with Gasteiger partial charge in [-0.3, -0.25) is 9.59 Å². The number of carbonyl (C=O) groups excluding carboxylic acids is 1. The van der Waals surface area contributed by atoms with Crippen molar-refractivity contribution in [2.45, 2.75) is 0 Å². The van der Waals surface area contributed by atoms with Gasteiger partial charge in [-0.15, -0.1) is 11.8 Å². The first-order valence-electron chi connectivity index (χ1n) is 2.67. The van der Waals surface area contributed by atoms with Crippen molar-refractivity contribution in [3.8, 4) is 0 Å². The fourth-order valence-electron chi connectivity index (χ4n) is 0.303. The van der Waals surface area contributed by atoms with E-state index in [0.29, 0.717) is 0 Å². The molecule has 10 heavy (non-hydrogen) atoms. The normalized spacial score (nSPS) is 8.90. The largest absolute Gasteiger partial charge is 0.481 e. The predicted molar refractivity (Wildman–Crippen MR) is 39.0 cm³/mol. The Bertz CT molecular complexity index is 137. The Labute approximate surface area is 63.0 Å². The van der Waals surface area contributed by atoms with Crippen LogP contribution in [0.2, 0.25) is 0 Å². The van der Waals surface area contributed by atoms with E-state index in [9.17, 15) is 9.59 Å². The number of aliphatic carboxylic acids is 1. The summed E-state index contributed by atoms with van der Waals surface area (Å²) < 4.78 is 0. The van der Waals surface area contributed by atoms with Crippen LogP contribution < -0.4 is 5.32 Å². The number of hydrogen-bond acceptors (Lipinski definition) is 3. The zero-order chi connectivity index (χ0) is 7.98. The van der Waals surface area contributed by atoms with Crippen LogP contribution in [0.4, 0.5) is 0 Å². The van der Waals surface area contributed by atoms with Crippen molar-refractivity contribution >= 4 is 23.6 Å². The number of hydrogen-bond donors (Lipinski definition) is 2. The Balaban J connectivity index is 3.20. The third-order valence-electron chi connectivity index (χ3n) is 0.738. The third-order valence-corrected chi connectivity index (χ3v) is 1.65. The van der Waals surface area contributed by atoms with Crippen LogP contribution in [0, 0.1) is 0 Å². The molecule has 0 rings (SSSR count). The average Bonchev–Trinajstić information content (AvgIpc) is 1.87. The molecule has 0 unspecified atom stereocenters. The average molecular weight is 163 g/mol. The minimum Gasteiger partial charge on any atom is -0.481 e. The van der Waals surface area contributed by atoms with Gasteiger partial charge in [0.15, 0.2) is 0 Å². The van der Waals surface area contributed by atoms with Crippen molar-refractivity contribution in [3.63, 3.8) is 0 Å². The summed E-state index contributed by atoms with van der Waals surface area (Å²) in [5.74, 6) is -0.851. The molecule has 0 spiro atoms. The van der Waals surface area contributed by atoms with E-state index in [1.165, 1.54) is 7.05 Å². The Morgan fingerprint density at radius 2 is 2.10 bits per heavy atom. The Morgan fingerprint density at radius 3 is 2.50 bits per heavy atom. The Hall–Kier alpha value is -0.710. The van der Waals surface area contributed by atoms with Crippen LogP contribution in [0.25, 0.3) is 0 Å². The number of rotatable bonds is 4. The van der Waals surface area contributed by atoms with Crippen LogP contribution in [-0.4, -0.2) is 35.5 Å². The number of nitrogens with one attached hydrogen (secondary N) is 1. The van der Waals surface area contributed by atoms with E-state index in [4.69, 9.17) is 5.11 Å². The number of carboxylic acid groups (broad SMARTS) is 1. The summed E-state index contributed by atoms with van der Waals surface area (Å²) in [6.45, 7) is 0. The second-order valence-corrected chi connectivity index (χ2v) is 2.55. The monoisotopic (exact) mass is 163 g/mol. The van der Waals surface area contributed by atoms with Gasteiger partial charge in [0, 0.05) is 7.05 Å². The molecule has 5 heteroatoms. The zero-order valence-corrected chi connectivity index (χ0v) is 6.40. The van der Waals surface area contributed by atoms with Gasteiger partial charge in [0.1, 0.15) is 0 Å². The summed E-state index contributed by atoms with van der Waals surface area (Å²) >= 11 is 1.08. The van der Waals surface area contributed by atoms with Crippen molar-refractivity contribution in [2.75, 3.05) is 18.6 Å². The molecule has 0 aliphatic heterocycles. The van der Waals surface area contributed by atoms with Crippen LogP contribution in [0.3, 0.4) is 0 Å². The summed E-state index contributed by atoms with van der Waals surface area (Å²) in [5.41, 5.74) is 0. The number of amides is 1. The van der Waals surface area contributed by atoms with Crippen LogP contribution >= 0.6 is 11.8 Å². The second-order valence-electron chi connectivity index (χ2n) is 1.56. The number of carbonyl (C=O) groups is 2. The summed E-state index contributed by atoms with van der Waals surface area (Å²) in [6.07, 6.45) is 0. The van der Waals surface area contributed by atoms with E-state index in [-0.39, 0.29) is 17.4 Å². The molecule has 0 aliphatic carbocycles. The molecule has 0 atom stereocenters. The maximum absolute atomic E-state index is 10.5. The first-order valence-corrected chi connectivity index (χ1v) is 3.82. The first-order chi connectivity index (χ1) is 4.66. The van der Waals surface area contributed by atoms with E-state index < -0.39 is 5.97 Å². The molecule has 0 aromatic carbocycles. The van der Waals surface area contributed by atoms with Gasteiger partial charge in [0.05, 0.1) is 11.5 Å². The van der Waals surface area contributed by atoms with Crippen molar-refractivity contribution in [3.05, 3.63) is 0 Å². The van der Waals surface area contributed by atoms with Gasteiger partial charge in [0.25, 0.3) is 0 Å². The quantitative estimate of drug-likeness (QED) is 0.589. The summed E-state index contributed by atoms with van der Waals surface area (Å²) in [5, 5.41) is 10.5. The fraction of sp³-hybridized carbons (Fsp3) is 0.600. The lowest BCUT2D eigenvalue weighted by Gasteiger charge is -1.95. The van der Waals surface area contributed by atoms with E-state index in [1.807, 2.05) is 0 Å². The topological polar surface area (TPSA) is 66.4 Å². The van der Waals surface area contributed by atoms with Gasteiger partial charge >= 0.3 is 5.97 Å². The molecule has 0 aromatic rings. The number of carboxylic acids is 1. The second kappa shape index (κ2) is 5.10. The van der Waals surface area contributed by atoms with Gasteiger partial charge in [-0.25, -0.2) is 0 Å². The Kier molecular flexibility index (Phi) is 4.74. The third kappa shape index (κ3) is 5.43. The van der Waals surface area contributed by atoms with Gasteiger partial charge in [0.2, 0.25) is 5.91 Å². The molecule has 0 radical (unpaired) electrons. The highest BCUT2D eigenvalue weighted by Crippen LogP contribution is 1.97. The molecule has 0 aromatic heterocycles. The molecule has 58 valence electrons. The van der Waals surface area contributed by atoms with E-state index >= 15 is 0 Å². The van der Waals surface area contributed by atoms with E-state index in [2.05, 4.69) is 5.32 Å². The van der Waals surface area contributed by atoms with Crippen LogP contribution in [0.1, 0.15) is 0 Å². The van der Waals surface area contributed by atoms with Gasteiger partial charge in [-0.2, -0.15) is 0 Å². The molecular weight excluding hydrogens is 154 g/mol. The van der Waals surface area contributed by atoms with Gasteiger partial charge in [-0.05, 0) is 0 Å². The van der Waals surface area contributed by atoms with Gasteiger partial charge in [-0.1, -0.05) is 0 Å². The van der Waals surface area contributed by atoms with E-state index in [0.717, 1.165) is 11.8 Å². The van der Waals surface area contributed by atoms with Crippen LogP contribution in [0.5, 0.6) is 0 Å². The van der Waals surface area contributed by atoms with Crippen molar-refractivity contribution < 1.29 is 14.7 Å². The molecule has 0 heterocycles. The lowest BCUT2D eigenvalue weighted by molar-refractivity contribution is -0.133. The zero-order valence-electron chi connectivity index (χ0n) is 5.59. The summed E-state index contributed by atoms with van der Waals surface area (Å²) in [6, 6.07) is 0. The molecule has 1 amide bonds. The molecule has 0 bridgehead atoms. The van der Waals surface area contributed by atoms with Gasteiger partial charge < -0.3 is 10.4 Å². The highest BCUT2D eigenvalue weighted by Gasteiger charge is 2.00. The molecule has 0 fully saturated rings. The minimum absolute atomic E-state index is 0.0204. The molecule has 4 nitrogen and oxygen atoms in total.